The number of carbonyl (C=O) groups is 2. The predicted octanol–water partition coefficient (Wildman–Crippen LogP) is 3.22. The number of benzene rings is 1. The number of amides is 1. The van der Waals surface area contributed by atoms with Crippen molar-refractivity contribution in [1.82, 2.24) is 5.32 Å². The van der Waals surface area contributed by atoms with Gasteiger partial charge < -0.3 is 10.4 Å². The lowest BCUT2D eigenvalue weighted by Gasteiger charge is -2.15. The SMILES string of the molecule is CCC(SCC(=O)NC(C)c1ccc(Br)cc1)C(=O)O. The maximum Gasteiger partial charge on any atom is 0.316 e. The zero-order chi connectivity index (χ0) is 15.1. The fourth-order valence-electron chi connectivity index (χ4n) is 1.66. The lowest BCUT2D eigenvalue weighted by Crippen LogP contribution is -2.29. The molecule has 2 atom stereocenters. The van der Waals surface area contributed by atoms with E-state index in [4.69, 9.17) is 5.11 Å². The molecule has 0 saturated carbocycles. The van der Waals surface area contributed by atoms with Crippen molar-refractivity contribution in [3.05, 3.63) is 34.3 Å². The highest BCUT2D eigenvalue weighted by atomic mass is 79.9. The molecule has 2 N–H and O–H groups in total. The monoisotopic (exact) mass is 359 g/mol. The maximum atomic E-state index is 11.8. The van der Waals surface area contributed by atoms with Gasteiger partial charge in [-0.2, -0.15) is 0 Å². The Morgan fingerprint density at radius 3 is 2.45 bits per heavy atom. The number of nitrogens with one attached hydrogen (secondary N) is 1. The van der Waals surface area contributed by atoms with Crippen LogP contribution in [0.3, 0.4) is 0 Å². The zero-order valence-electron chi connectivity index (χ0n) is 11.4. The molecule has 0 spiro atoms. The molecule has 0 aromatic heterocycles. The van der Waals surface area contributed by atoms with Gasteiger partial charge in [-0.05, 0) is 31.0 Å². The van der Waals surface area contributed by atoms with Crippen LogP contribution in [0.1, 0.15) is 31.9 Å². The van der Waals surface area contributed by atoms with E-state index in [0.717, 1.165) is 21.8 Å². The molecule has 1 aromatic carbocycles. The molecular weight excluding hydrogens is 342 g/mol. The Labute approximate surface area is 131 Å². The summed E-state index contributed by atoms with van der Waals surface area (Å²) < 4.78 is 0.988. The fourth-order valence-corrected chi connectivity index (χ4v) is 2.74. The van der Waals surface area contributed by atoms with Gasteiger partial charge in [0.25, 0.3) is 0 Å². The van der Waals surface area contributed by atoms with Crippen LogP contribution in [0.4, 0.5) is 0 Å². The molecule has 0 radical (unpaired) electrons. The molecule has 4 nitrogen and oxygen atoms in total. The molecule has 0 saturated heterocycles. The van der Waals surface area contributed by atoms with Crippen LogP contribution in [0.5, 0.6) is 0 Å². The van der Waals surface area contributed by atoms with E-state index in [9.17, 15) is 9.59 Å². The molecule has 2 unspecified atom stereocenters. The summed E-state index contributed by atoms with van der Waals surface area (Å²) in [7, 11) is 0. The maximum absolute atomic E-state index is 11.8. The molecule has 0 bridgehead atoms. The van der Waals surface area contributed by atoms with Crippen LogP contribution in [0.2, 0.25) is 0 Å². The molecule has 1 amide bonds. The van der Waals surface area contributed by atoms with Crippen LogP contribution in [-0.2, 0) is 9.59 Å². The summed E-state index contributed by atoms with van der Waals surface area (Å²) >= 11 is 4.52. The number of halogens is 1. The standard InChI is InChI=1S/C14H18BrNO3S/c1-3-12(14(18)19)20-8-13(17)16-9(2)10-4-6-11(15)7-5-10/h4-7,9,12H,3,8H2,1-2H3,(H,16,17)(H,18,19). The highest BCUT2D eigenvalue weighted by Gasteiger charge is 2.18. The van der Waals surface area contributed by atoms with Gasteiger partial charge in [0.2, 0.25) is 5.91 Å². The first-order chi connectivity index (χ1) is 9.43. The number of carbonyl (C=O) groups excluding carboxylic acids is 1. The van der Waals surface area contributed by atoms with Crippen LogP contribution in [-0.4, -0.2) is 28.0 Å². The van der Waals surface area contributed by atoms with Gasteiger partial charge in [0.15, 0.2) is 0 Å². The second-order valence-electron chi connectivity index (χ2n) is 4.39. The molecule has 20 heavy (non-hydrogen) atoms. The van der Waals surface area contributed by atoms with Crippen molar-refractivity contribution in [2.24, 2.45) is 0 Å². The van der Waals surface area contributed by atoms with Crippen LogP contribution in [0, 0.1) is 0 Å². The normalized spacial score (nSPS) is 13.6. The van der Waals surface area contributed by atoms with E-state index in [-0.39, 0.29) is 17.7 Å². The van der Waals surface area contributed by atoms with Crippen molar-refractivity contribution in [1.29, 1.82) is 0 Å². The van der Waals surface area contributed by atoms with E-state index in [1.165, 1.54) is 0 Å². The molecule has 0 heterocycles. The van der Waals surface area contributed by atoms with Gasteiger partial charge in [0, 0.05) is 4.47 Å². The third-order valence-corrected chi connectivity index (χ3v) is 4.70. The minimum absolute atomic E-state index is 0.0962. The first kappa shape index (κ1) is 17.0. The van der Waals surface area contributed by atoms with E-state index in [0.29, 0.717) is 6.42 Å². The number of thioether (sulfide) groups is 1. The molecule has 0 aliphatic rings. The van der Waals surface area contributed by atoms with Gasteiger partial charge in [0.1, 0.15) is 5.25 Å². The highest BCUT2D eigenvalue weighted by molar-refractivity contribution is 9.10. The molecule has 0 aliphatic heterocycles. The van der Waals surface area contributed by atoms with E-state index >= 15 is 0 Å². The Balaban J connectivity index is 2.45. The highest BCUT2D eigenvalue weighted by Crippen LogP contribution is 2.18. The van der Waals surface area contributed by atoms with Crippen LogP contribution >= 0.6 is 27.7 Å². The Morgan fingerprint density at radius 1 is 1.35 bits per heavy atom. The first-order valence-electron chi connectivity index (χ1n) is 6.33. The molecule has 1 aromatic rings. The minimum Gasteiger partial charge on any atom is -0.480 e. The van der Waals surface area contributed by atoms with Gasteiger partial charge in [-0.25, -0.2) is 0 Å². The third kappa shape index (κ3) is 5.54. The first-order valence-corrected chi connectivity index (χ1v) is 8.17. The molecule has 6 heteroatoms. The smallest absolute Gasteiger partial charge is 0.316 e. The molecule has 0 fully saturated rings. The van der Waals surface area contributed by atoms with Crippen LogP contribution < -0.4 is 5.32 Å². The lowest BCUT2D eigenvalue weighted by atomic mass is 10.1. The summed E-state index contributed by atoms with van der Waals surface area (Å²) in [6.07, 6.45) is 0.509. The van der Waals surface area contributed by atoms with Crippen LogP contribution in [0.25, 0.3) is 0 Å². The zero-order valence-corrected chi connectivity index (χ0v) is 13.8. The van der Waals surface area contributed by atoms with Gasteiger partial charge in [-0.1, -0.05) is 35.0 Å². The Morgan fingerprint density at radius 2 is 1.95 bits per heavy atom. The number of rotatable bonds is 7. The van der Waals surface area contributed by atoms with Gasteiger partial charge in [-0.3, -0.25) is 9.59 Å². The third-order valence-electron chi connectivity index (χ3n) is 2.81. The number of carboxylic acids is 1. The molecular formula is C14H18BrNO3S. The quantitative estimate of drug-likeness (QED) is 0.784. The Hall–Kier alpha value is -1.01. The Kier molecular flexibility index (Phi) is 7.09. The summed E-state index contributed by atoms with van der Waals surface area (Å²) in [5.41, 5.74) is 1.01. The minimum atomic E-state index is -0.869. The predicted molar refractivity (Wildman–Crippen MR) is 84.9 cm³/mol. The van der Waals surface area contributed by atoms with Crippen molar-refractivity contribution in [2.75, 3.05) is 5.75 Å². The summed E-state index contributed by atoms with van der Waals surface area (Å²) in [5.74, 6) is -0.859. The van der Waals surface area contributed by atoms with Crippen molar-refractivity contribution in [3.8, 4) is 0 Å². The van der Waals surface area contributed by atoms with E-state index in [1.807, 2.05) is 31.2 Å². The van der Waals surface area contributed by atoms with Gasteiger partial charge in [0.05, 0.1) is 11.8 Å². The van der Waals surface area contributed by atoms with E-state index in [2.05, 4.69) is 21.2 Å². The molecule has 110 valence electrons. The largest absolute Gasteiger partial charge is 0.480 e. The average Bonchev–Trinajstić information content (AvgIpc) is 2.39. The van der Waals surface area contributed by atoms with E-state index < -0.39 is 11.2 Å². The van der Waals surface area contributed by atoms with Gasteiger partial charge >= 0.3 is 5.97 Å². The van der Waals surface area contributed by atoms with Gasteiger partial charge in [-0.15, -0.1) is 11.8 Å². The number of hydrogen-bond donors (Lipinski definition) is 2. The van der Waals surface area contributed by atoms with E-state index in [1.54, 1.807) is 6.92 Å². The van der Waals surface area contributed by atoms with Crippen molar-refractivity contribution < 1.29 is 14.7 Å². The second kappa shape index (κ2) is 8.32. The number of hydrogen-bond acceptors (Lipinski definition) is 3. The Bertz CT molecular complexity index is 464. The number of aliphatic carboxylic acids is 1. The lowest BCUT2D eigenvalue weighted by molar-refractivity contribution is -0.136. The number of carboxylic acid groups (broad SMARTS) is 1. The topological polar surface area (TPSA) is 66.4 Å². The average molecular weight is 360 g/mol. The summed E-state index contributed by atoms with van der Waals surface area (Å²) in [5, 5.41) is 11.3. The fraction of sp³-hybridized carbons (Fsp3) is 0.429. The van der Waals surface area contributed by atoms with Crippen molar-refractivity contribution in [2.45, 2.75) is 31.6 Å². The van der Waals surface area contributed by atoms with Crippen LogP contribution in [0.15, 0.2) is 28.7 Å². The van der Waals surface area contributed by atoms with Crippen molar-refractivity contribution in [3.63, 3.8) is 0 Å². The summed E-state index contributed by atoms with van der Waals surface area (Å²) in [6, 6.07) is 7.62. The molecule has 0 aliphatic carbocycles. The summed E-state index contributed by atoms with van der Waals surface area (Å²) in [4.78, 5) is 22.7. The van der Waals surface area contributed by atoms with Crippen molar-refractivity contribution >= 4 is 39.6 Å². The molecule has 1 rings (SSSR count). The summed E-state index contributed by atoms with van der Waals surface area (Å²) in [6.45, 7) is 3.70. The second-order valence-corrected chi connectivity index (χ2v) is 6.49.